The molecule has 1 atom stereocenters. The minimum absolute atomic E-state index is 0. The Kier molecular flexibility index (Phi) is 9.20. The van der Waals surface area contributed by atoms with Crippen LogP contribution in [0.15, 0.2) is 41.4 Å². The van der Waals surface area contributed by atoms with Crippen LogP contribution in [0.1, 0.15) is 29.7 Å². The Morgan fingerprint density at radius 2 is 1.74 bits per heavy atom. The van der Waals surface area contributed by atoms with Crippen molar-refractivity contribution in [3.05, 3.63) is 53.1 Å². The summed E-state index contributed by atoms with van der Waals surface area (Å²) < 4.78 is 10.4. The van der Waals surface area contributed by atoms with Crippen molar-refractivity contribution in [2.45, 2.75) is 26.4 Å². The third kappa shape index (κ3) is 5.92. The zero-order valence-electron chi connectivity index (χ0n) is 16.4. The topological polar surface area (TPSA) is 75.1 Å². The number of guanidine groups is 1. The SMILES string of the molecule is CN=C(NCc1cc(OC)c(O)c(OC)c1)NC(C)c1ccccc1C.I. The van der Waals surface area contributed by atoms with Crippen molar-refractivity contribution in [2.24, 2.45) is 4.99 Å². The van der Waals surface area contributed by atoms with E-state index < -0.39 is 0 Å². The zero-order valence-corrected chi connectivity index (χ0v) is 18.7. The average molecular weight is 485 g/mol. The molecule has 27 heavy (non-hydrogen) atoms. The first-order valence-electron chi connectivity index (χ1n) is 8.46. The summed E-state index contributed by atoms with van der Waals surface area (Å²) in [5.74, 6) is 1.43. The molecule has 1 unspecified atom stereocenters. The second kappa shape index (κ2) is 10.9. The number of benzene rings is 2. The standard InChI is InChI=1S/C20H27N3O3.HI/c1-13-8-6-7-9-16(13)14(2)23-20(21-3)22-12-15-10-17(25-4)19(24)18(11-15)26-5;/h6-11,14,24H,12H2,1-5H3,(H2,21,22,23);1H. The molecule has 0 aliphatic carbocycles. The van der Waals surface area contributed by atoms with E-state index in [1.54, 1.807) is 19.2 Å². The highest BCUT2D eigenvalue weighted by atomic mass is 127. The van der Waals surface area contributed by atoms with E-state index in [9.17, 15) is 5.11 Å². The fourth-order valence-electron chi connectivity index (χ4n) is 2.79. The van der Waals surface area contributed by atoms with Crippen molar-refractivity contribution in [3.63, 3.8) is 0 Å². The minimum atomic E-state index is -0.00516. The summed E-state index contributed by atoms with van der Waals surface area (Å²) in [5, 5.41) is 16.7. The van der Waals surface area contributed by atoms with Crippen LogP contribution in [0, 0.1) is 6.92 Å². The maximum absolute atomic E-state index is 10.0. The molecule has 2 rings (SSSR count). The van der Waals surface area contributed by atoms with Crippen LogP contribution in [0.25, 0.3) is 0 Å². The molecular formula is C20H28IN3O3. The van der Waals surface area contributed by atoms with E-state index >= 15 is 0 Å². The van der Waals surface area contributed by atoms with Gasteiger partial charge in [0.15, 0.2) is 17.5 Å². The van der Waals surface area contributed by atoms with Gasteiger partial charge in [0.25, 0.3) is 0 Å². The quantitative estimate of drug-likeness (QED) is 0.330. The van der Waals surface area contributed by atoms with Gasteiger partial charge in [0.1, 0.15) is 0 Å². The van der Waals surface area contributed by atoms with Gasteiger partial charge in [-0.3, -0.25) is 4.99 Å². The van der Waals surface area contributed by atoms with Crippen LogP contribution in [-0.2, 0) is 6.54 Å². The molecule has 2 aromatic rings. The number of nitrogens with one attached hydrogen (secondary N) is 2. The molecule has 7 heteroatoms. The number of hydrogen-bond acceptors (Lipinski definition) is 4. The Morgan fingerprint density at radius 1 is 1.15 bits per heavy atom. The zero-order chi connectivity index (χ0) is 19.1. The van der Waals surface area contributed by atoms with Crippen LogP contribution in [-0.4, -0.2) is 32.3 Å². The molecule has 0 fully saturated rings. The molecule has 0 amide bonds. The second-order valence-electron chi connectivity index (χ2n) is 6.00. The average Bonchev–Trinajstić information content (AvgIpc) is 2.65. The highest BCUT2D eigenvalue weighted by Gasteiger charge is 2.13. The predicted octanol–water partition coefficient (Wildman–Crippen LogP) is 3.76. The fourth-order valence-corrected chi connectivity index (χ4v) is 2.79. The monoisotopic (exact) mass is 485 g/mol. The number of aryl methyl sites for hydroxylation is 1. The number of halogens is 1. The van der Waals surface area contributed by atoms with E-state index in [0.29, 0.717) is 24.0 Å². The summed E-state index contributed by atoms with van der Waals surface area (Å²) in [6, 6.07) is 11.9. The third-order valence-electron chi connectivity index (χ3n) is 4.23. The molecule has 0 heterocycles. The molecule has 148 valence electrons. The molecule has 2 aromatic carbocycles. The van der Waals surface area contributed by atoms with Crippen molar-refractivity contribution < 1.29 is 14.6 Å². The number of nitrogens with zero attached hydrogens (tertiary/aromatic N) is 1. The van der Waals surface area contributed by atoms with E-state index in [0.717, 1.165) is 5.56 Å². The van der Waals surface area contributed by atoms with Crippen molar-refractivity contribution >= 4 is 29.9 Å². The van der Waals surface area contributed by atoms with Gasteiger partial charge in [-0.05, 0) is 42.7 Å². The van der Waals surface area contributed by atoms with Crippen LogP contribution in [0.2, 0.25) is 0 Å². The van der Waals surface area contributed by atoms with Crippen molar-refractivity contribution in [1.82, 2.24) is 10.6 Å². The molecule has 0 spiro atoms. The van der Waals surface area contributed by atoms with Crippen LogP contribution >= 0.6 is 24.0 Å². The lowest BCUT2D eigenvalue weighted by atomic mass is 10.0. The lowest BCUT2D eigenvalue weighted by Crippen LogP contribution is -2.38. The molecule has 0 aliphatic rings. The Hall–Kier alpha value is -2.16. The van der Waals surface area contributed by atoms with Gasteiger partial charge < -0.3 is 25.2 Å². The minimum Gasteiger partial charge on any atom is -0.502 e. The molecular weight excluding hydrogens is 457 g/mol. The number of phenolic OH excluding ortho intramolecular Hbond substituents is 1. The van der Waals surface area contributed by atoms with E-state index in [1.807, 2.05) is 12.1 Å². The maximum atomic E-state index is 10.0. The molecule has 0 bridgehead atoms. The molecule has 0 saturated heterocycles. The Bertz CT molecular complexity index is 756. The summed E-state index contributed by atoms with van der Waals surface area (Å²) in [7, 11) is 4.75. The molecule has 0 radical (unpaired) electrons. The van der Waals surface area contributed by atoms with Crippen LogP contribution < -0.4 is 20.1 Å². The predicted molar refractivity (Wildman–Crippen MR) is 120 cm³/mol. The smallest absolute Gasteiger partial charge is 0.200 e. The summed E-state index contributed by atoms with van der Waals surface area (Å²) in [6.45, 7) is 4.70. The van der Waals surface area contributed by atoms with Crippen molar-refractivity contribution in [1.29, 1.82) is 0 Å². The lowest BCUT2D eigenvalue weighted by Gasteiger charge is -2.20. The number of aliphatic imine (C=N–C) groups is 1. The highest BCUT2D eigenvalue weighted by Crippen LogP contribution is 2.37. The van der Waals surface area contributed by atoms with Gasteiger partial charge in [0, 0.05) is 13.6 Å². The van der Waals surface area contributed by atoms with Crippen LogP contribution in [0.5, 0.6) is 17.2 Å². The number of methoxy groups -OCH3 is 2. The van der Waals surface area contributed by atoms with E-state index in [-0.39, 0.29) is 35.8 Å². The molecule has 0 saturated carbocycles. The van der Waals surface area contributed by atoms with Gasteiger partial charge in [0.2, 0.25) is 5.75 Å². The Morgan fingerprint density at radius 3 is 2.26 bits per heavy atom. The number of rotatable bonds is 6. The van der Waals surface area contributed by atoms with Crippen LogP contribution in [0.4, 0.5) is 0 Å². The lowest BCUT2D eigenvalue weighted by molar-refractivity contribution is 0.339. The number of hydrogen-bond donors (Lipinski definition) is 3. The molecule has 0 aromatic heterocycles. The maximum Gasteiger partial charge on any atom is 0.200 e. The second-order valence-corrected chi connectivity index (χ2v) is 6.00. The van der Waals surface area contributed by atoms with E-state index in [4.69, 9.17) is 9.47 Å². The third-order valence-corrected chi connectivity index (χ3v) is 4.23. The summed E-state index contributed by atoms with van der Waals surface area (Å²) in [5.41, 5.74) is 3.36. The first-order chi connectivity index (χ1) is 12.5. The Labute approximate surface area is 178 Å². The number of phenols is 1. The highest BCUT2D eigenvalue weighted by molar-refractivity contribution is 14.0. The molecule has 0 aliphatic heterocycles. The van der Waals surface area contributed by atoms with Crippen LogP contribution in [0.3, 0.4) is 0 Å². The summed E-state index contributed by atoms with van der Waals surface area (Å²) >= 11 is 0. The van der Waals surface area contributed by atoms with Gasteiger partial charge in [-0.2, -0.15) is 0 Å². The van der Waals surface area contributed by atoms with Gasteiger partial charge in [-0.15, -0.1) is 24.0 Å². The van der Waals surface area contributed by atoms with E-state index in [1.165, 1.54) is 25.3 Å². The van der Waals surface area contributed by atoms with E-state index in [2.05, 4.69) is 41.6 Å². The summed E-state index contributed by atoms with van der Waals surface area (Å²) in [4.78, 5) is 4.28. The van der Waals surface area contributed by atoms with Gasteiger partial charge in [-0.1, -0.05) is 24.3 Å². The van der Waals surface area contributed by atoms with Crippen molar-refractivity contribution in [3.8, 4) is 17.2 Å². The Balaban J connectivity index is 0.00000364. The first kappa shape index (κ1) is 22.9. The normalized spacial score (nSPS) is 12.0. The number of aromatic hydroxyl groups is 1. The van der Waals surface area contributed by atoms with Gasteiger partial charge in [0.05, 0.1) is 20.3 Å². The van der Waals surface area contributed by atoms with Gasteiger partial charge in [-0.25, -0.2) is 0 Å². The largest absolute Gasteiger partial charge is 0.502 e. The van der Waals surface area contributed by atoms with Gasteiger partial charge >= 0.3 is 0 Å². The summed E-state index contributed by atoms with van der Waals surface area (Å²) in [6.07, 6.45) is 0. The molecule has 6 nitrogen and oxygen atoms in total. The molecule has 3 N–H and O–H groups in total. The van der Waals surface area contributed by atoms with Crippen molar-refractivity contribution in [2.75, 3.05) is 21.3 Å². The fraction of sp³-hybridized carbons (Fsp3) is 0.350. The number of ether oxygens (including phenoxy) is 2. The first-order valence-corrected chi connectivity index (χ1v) is 8.46.